The Balaban J connectivity index is 1.49. The lowest BCUT2D eigenvalue weighted by atomic mass is 9.80. The molecule has 1 saturated heterocycles. The van der Waals surface area contributed by atoms with Gasteiger partial charge >= 0.3 is 12.2 Å². The van der Waals surface area contributed by atoms with E-state index in [0.717, 1.165) is 37.5 Å². The fourth-order valence-corrected chi connectivity index (χ4v) is 5.21. The summed E-state index contributed by atoms with van der Waals surface area (Å²) in [6.07, 6.45) is -2.15. The van der Waals surface area contributed by atoms with E-state index in [1.165, 1.54) is 23.8 Å². The first-order valence-electron chi connectivity index (χ1n) is 13.1. The molecule has 0 unspecified atom stereocenters. The molecule has 4 rings (SSSR count). The Morgan fingerprint density at radius 1 is 1.00 bits per heavy atom. The van der Waals surface area contributed by atoms with Gasteiger partial charge in [0.2, 0.25) is 0 Å². The zero-order chi connectivity index (χ0) is 28.9. The molecule has 3 aromatic carbocycles. The quantitative estimate of drug-likeness (QED) is 0.306. The zero-order valence-corrected chi connectivity index (χ0v) is 22.6. The number of benzene rings is 3. The Morgan fingerprint density at radius 2 is 1.68 bits per heavy atom. The molecular weight excluding hydrogens is 524 g/mol. The van der Waals surface area contributed by atoms with E-state index in [0.29, 0.717) is 24.3 Å². The normalized spacial score (nSPS) is 15.2. The van der Waals surface area contributed by atoms with Crippen molar-refractivity contribution in [2.75, 3.05) is 37.4 Å². The molecular formula is C30H34F4N4O2. The van der Waals surface area contributed by atoms with Gasteiger partial charge in [0.05, 0.1) is 12.2 Å². The van der Waals surface area contributed by atoms with Crippen molar-refractivity contribution < 1.29 is 27.5 Å². The van der Waals surface area contributed by atoms with Crippen molar-refractivity contribution in [2.24, 2.45) is 0 Å². The third-order valence-electron chi connectivity index (χ3n) is 7.69. The fraction of sp³-hybridized carbons (Fsp3) is 0.367. The van der Waals surface area contributed by atoms with E-state index in [1.807, 2.05) is 37.2 Å². The van der Waals surface area contributed by atoms with Crippen LogP contribution in [0.3, 0.4) is 0 Å². The molecule has 0 aromatic heterocycles. The number of hydrogen-bond donors (Lipinski definition) is 3. The van der Waals surface area contributed by atoms with Gasteiger partial charge in [0.25, 0.3) is 0 Å². The molecule has 3 aromatic rings. The predicted molar refractivity (Wildman–Crippen MR) is 148 cm³/mol. The number of amides is 2. The minimum atomic E-state index is -4.50. The first-order valence-corrected chi connectivity index (χ1v) is 13.1. The van der Waals surface area contributed by atoms with E-state index >= 15 is 0 Å². The Bertz CT molecular complexity index is 1310. The molecule has 10 heteroatoms. The molecule has 6 nitrogen and oxygen atoms in total. The number of aliphatic hydroxyl groups excluding tert-OH is 1. The van der Waals surface area contributed by atoms with Crippen molar-refractivity contribution in [3.8, 4) is 0 Å². The van der Waals surface area contributed by atoms with Gasteiger partial charge in [-0.3, -0.25) is 0 Å². The molecule has 0 aliphatic carbocycles. The van der Waals surface area contributed by atoms with E-state index in [-0.39, 0.29) is 23.3 Å². The maximum atomic E-state index is 13.9. The van der Waals surface area contributed by atoms with Crippen molar-refractivity contribution in [3.63, 3.8) is 0 Å². The van der Waals surface area contributed by atoms with Crippen molar-refractivity contribution in [3.05, 3.63) is 94.8 Å². The number of likely N-dealkylation sites (N-methyl/N-ethyl adjacent to an activating group) is 1. The van der Waals surface area contributed by atoms with Crippen LogP contribution in [0, 0.1) is 5.82 Å². The maximum Gasteiger partial charge on any atom is 0.416 e. The van der Waals surface area contributed by atoms with E-state index in [2.05, 4.69) is 27.7 Å². The monoisotopic (exact) mass is 558 g/mol. The van der Waals surface area contributed by atoms with Crippen molar-refractivity contribution in [2.45, 2.75) is 44.1 Å². The van der Waals surface area contributed by atoms with Crippen molar-refractivity contribution >= 4 is 17.4 Å². The molecule has 1 heterocycles. The van der Waals surface area contributed by atoms with E-state index < -0.39 is 30.2 Å². The molecule has 40 heavy (non-hydrogen) atoms. The van der Waals surface area contributed by atoms with Crippen LogP contribution in [0.1, 0.15) is 35.1 Å². The molecule has 0 saturated carbocycles. The predicted octanol–water partition coefficient (Wildman–Crippen LogP) is 5.80. The number of carbonyl (C=O) groups excluding carboxylic acids is 1. The zero-order valence-electron chi connectivity index (χ0n) is 22.6. The van der Waals surface area contributed by atoms with Gasteiger partial charge in [-0.25, -0.2) is 9.18 Å². The second-order valence-electron chi connectivity index (χ2n) is 10.4. The van der Waals surface area contributed by atoms with Crippen LogP contribution in [0.15, 0.2) is 66.7 Å². The molecule has 0 bridgehead atoms. The van der Waals surface area contributed by atoms with Crippen LogP contribution in [0.5, 0.6) is 0 Å². The average Bonchev–Trinajstić information content (AvgIpc) is 2.92. The number of nitrogens with zero attached hydrogens (tertiary/aromatic N) is 2. The Hall–Kier alpha value is -3.63. The number of carbonyl (C=O) groups is 1. The number of anilines is 2. The topological polar surface area (TPSA) is 67.8 Å². The second kappa shape index (κ2) is 12.3. The van der Waals surface area contributed by atoms with Gasteiger partial charge in [0.15, 0.2) is 0 Å². The molecule has 0 radical (unpaired) electrons. The largest absolute Gasteiger partial charge is 0.416 e. The van der Waals surface area contributed by atoms with Crippen LogP contribution in [0.25, 0.3) is 0 Å². The van der Waals surface area contributed by atoms with Crippen LogP contribution in [0.2, 0.25) is 0 Å². The summed E-state index contributed by atoms with van der Waals surface area (Å²) in [4.78, 5) is 16.7. The summed E-state index contributed by atoms with van der Waals surface area (Å²) in [5, 5.41) is 14.3. The number of halogens is 4. The van der Waals surface area contributed by atoms with Crippen LogP contribution < -0.4 is 15.5 Å². The molecule has 2 amide bonds. The molecule has 214 valence electrons. The van der Waals surface area contributed by atoms with E-state index in [1.54, 1.807) is 0 Å². The highest BCUT2D eigenvalue weighted by molar-refractivity contribution is 5.89. The molecule has 1 aliphatic heterocycles. The minimum absolute atomic E-state index is 0.0180. The first-order chi connectivity index (χ1) is 19.0. The summed E-state index contributed by atoms with van der Waals surface area (Å²) in [7, 11) is 4.08. The van der Waals surface area contributed by atoms with Crippen molar-refractivity contribution in [1.82, 2.24) is 10.2 Å². The number of urea groups is 1. The van der Waals surface area contributed by atoms with E-state index in [9.17, 15) is 22.4 Å². The first kappa shape index (κ1) is 29.4. The number of aliphatic hydroxyl groups is 1. The minimum Gasteiger partial charge on any atom is -0.392 e. The third-order valence-corrected chi connectivity index (χ3v) is 7.69. The summed E-state index contributed by atoms with van der Waals surface area (Å²) in [5.74, 6) is -0.656. The lowest BCUT2D eigenvalue weighted by molar-refractivity contribution is -0.137. The van der Waals surface area contributed by atoms with Crippen LogP contribution >= 0.6 is 0 Å². The second-order valence-corrected chi connectivity index (χ2v) is 10.4. The lowest BCUT2D eigenvalue weighted by Gasteiger charge is -2.47. The summed E-state index contributed by atoms with van der Waals surface area (Å²) in [6.45, 7) is 0.632. The number of alkyl halides is 3. The summed E-state index contributed by atoms with van der Waals surface area (Å²) in [6, 6.07) is 17.0. The van der Waals surface area contributed by atoms with Crippen LogP contribution in [0.4, 0.5) is 33.7 Å². The lowest BCUT2D eigenvalue weighted by Crippen LogP contribution is -2.54. The maximum absolute atomic E-state index is 13.9. The van der Waals surface area contributed by atoms with Gasteiger partial charge in [-0.1, -0.05) is 42.5 Å². The van der Waals surface area contributed by atoms with Gasteiger partial charge < -0.3 is 25.5 Å². The molecule has 3 N–H and O–H groups in total. The molecule has 1 fully saturated rings. The highest BCUT2D eigenvalue weighted by Gasteiger charge is 2.38. The van der Waals surface area contributed by atoms with Crippen LogP contribution in [-0.2, 0) is 25.7 Å². The van der Waals surface area contributed by atoms with Crippen molar-refractivity contribution in [1.29, 1.82) is 0 Å². The standard InChI is InChI=1S/C30H34F4N4O2/c1-37(2)29(18-21-6-4-3-5-7-21)12-14-38(15-13-29)27-16-24(30(32,33)34)10-8-22(27)19-35-28(40)36-25-11-9-23(20-39)26(31)17-25/h3-11,16-17,39H,12-15,18-20H2,1-2H3,(H2,35,36,40). The summed E-state index contributed by atoms with van der Waals surface area (Å²) >= 11 is 0. The summed E-state index contributed by atoms with van der Waals surface area (Å²) < 4.78 is 54.8. The van der Waals surface area contributed by atoms with Gasteiger partial charge in [0, 0.05) is 42.1 Å². The van der Waals surface area contributed by atoms with Gasteiger partial charge in [0.1, 0.15) is 5.82 Å². The Morgan fingerprint density at radius 3 is 2.27 bits per heavy atom. The molecule has 0 spiro atoms. The van der Waals surface area contributed by atoms with E-state index in [4.69, 9.17) is 5.11 Å². The highest BCUT2D eigenvalue weighted by atomic mass is 19.4. The summed E-state index contributed by atoms with van der Waals surface area (Å²) in [5.41, 5.74) is 1.61. The SMILES string of the molecule is CN(C)C1(Cc2ccccc2)CCN(c2cc(C(F)(F)F)ccc2CNC(=O)Nc2ccc(CO)c(F)c2)CC1. The number of nitrogens with one attached hydrogen (secondary N) is 2. The van der Waals surface area contributed by atoms with Gasteiger partial charge in [-0.05, 0) is 68.8 Å². The number of rotatable bonds is 8. The average molecular weight is 559 g/mol. The third kappa shape index (κ3) is 6.92. The fourth-order valence-electron chi connectivity index (χ4n) is 5.21. The molecule has 0 atom stereocenters. The van der Waals surface area contributed by atoms with Gasteiger partial charge in [-0.2, -0.15) is 13.2 Å². The smallest absolute Gasteiger partial charge is 0.392 e. The van der Waals surface area contributed by atoms with Gasteiger partial charge in [-0.15, -0.1) is 0 Å². The highest BCUT2D eigenvalue weighted by Crippen LogP contribution is 2.37. The Labute approximate surface area is 231 Å². The van der Waals surface area contributed by atoms with Crippen LogP contribution in [-0.4, -0.2) is 48.8 Å². The molecule has 1 aliphatic rings. The number of piperidine rings is 1. The Kier molecular flexibility index (Phi) is 9.00. The number of hydrogen-bond acceptors (Lipinski definition) is 4.